The van der Waals surface area contributed by atoms with Crippen LogP contribution in [0.5, 0.6) is 0 Å². The van der Waals surface area contributed by atoms with Gasteiger partial charge in [-0.05, 0) is 35.1 Å². The molecule has 2 heteroatoms. The second-order valence-electron chi connectivity index (χ2n) is 4.24. The molecule has 100 valence electrons. The molecule has 2 nitrogen and oxygen atoms in total. The van der Waals surface area contributed by atoms with Crippen LogP contribution in [0.15, 0.2) is 48.5 Å². The van der Waals surface area contributed by atoms with Crippen molar-refractivity contribution < 1.29 is 0 Å². The van der Waals surface area contributed by atoms with Gasteiger partial charge in [-0.1, -0.05) is 62.4 Å². The van der Waals surface area contributed by atoms with E-state index in [1.807, 2.05) is 0 Å². The second-order valence-corrected chi connectivity index (χ2v) is 4.24. The van der Waals surface area contributed by atoms with E-state index < -0.39 is 0 Å². The summed E-state index contributed by atoms with van der Waals surface area (Å²) in [5.74, 6) is 0. The minimum absolute atomic E-state index is 1.11. The fourth-order valence-corrected chi connectivity index (χ4v) is 2.27. The van der Waals surface area contributed by atoms with Gasteiger partial charge in [-0.3, -0.25) is 0 Å². The van der Waals surface area contributed by atoms with Gasteiger partial charge < -0.3 is 0 Å². The van der Waals surface area contributed by atoms with Crippen molar-refractivity contribution in [2.75, 3.05) is 0 Å². The van der Waals surface area contributed by atoms with Crippen LogP contribution < -0.4 is 0 Å². The minimum atomic E-state index is 1.11. The molecule has 0 fully saturated rings. The van der Waals surface area contributed by atoms with Gasteiger partial charge in [0.25, 0.3) is 0 Å². The van der Waals surface area contributed by atoms with Crippen molar-refractivity contribution in [2.45, 2.75) is 26.7 Å². The molecular weight excluding hydrogens is 244 g/mol. The van der Waals surface area contributed by atoms with Crippen molar-refractivity contribution in [3.63, 3.8) is 0 Å². The highest BCUT2D eigenvalue weighted by Gasteiger charge is 2.06. The SMILES string of the molecule is CCc1cccc(-c2ccccc2)c1CC.N#CC#N. The van der Waals surface area contributed by atoms with Crippen LogP contribution in [0.25, 0.3) is 11.1 Å². The third kappa shape index (κ3) is 3.97. The summed E-state index contributed by atoms with van der Waals surface area (Å²) in [5.41, 5.74) is 5.69. The highest BCUT2D eigenvalue weighted by atomic mass is 14.3. The molecule has 20 heavy (non-hydrogen) atoms. The predicted octanol–water partition coefficient (Wildman–Crippen LogP) is 4.51. The predicted molar refractivity (Wildman–Crippen MR) is 81.9 cm³/mol. The number of nitrogens with zero attached hydrogens (tertiary/aromatic N) is 2. The molecule has 0 amide bonds. The maximum absolute atomic E-state index is 7.26. The summed E-state index contributed by atoms with van der Waals surface area (Å²) in [7, 11) is 0. The second kappa shape index (κ2) is 8.51. The molecule has 0 N–H and O–H groups in total. The lowest BCUT2D eigenvalue weighted by Crippen LogP contribution is -1.94. The summed E-state index contributed by atoms with van der Waals surface area (Å²) in [6.07, 6.45) is 2.22. The monoisotopic (exact) mass is 262 g/mol. The Labute approximate surface area is 120 Å². The van der Waals surface area contributed by atoms with Crippen LogP contribution in [0.3, 0.4) is 0 Å². The van der Waals surface area contributed by atoms with Gasteiger partial charge in [-0.15, -0.1) is 0 Å². The van der Waals surface area contributed by atoms with Crippen LogP contribution in [-0.4, -0.2) is 0 Å². The molecule has 0 radical (unpaired) electrons. The topological polar surface area (TPSA) is 47.6 Å². The van der Waals surface area contributed by atoms with Crippen molar-refractivity contribution in [1.29, 1.82) is 10.5 Å². The van der Waals surface area contributed by atoms with Crippen LogP contribution in [0.1, 0.15) is 25.0 Å². The van der Waals surface area contributed by atoms with Gasteiger partial charge in [0.05, 0.1) is 0 Å². The first-order valence-corrected chi connectivity index (χ1v) is 6.72. The molecular formula is C18H18N2. The smallest absolute Gasteiger partial charge is 0.181 e. The van der Waals surface area contributed by atoms with Crippen molar-refractivity contribution in [2.24, 2.45) is 0 Å². The Morgan fingerprint density at radius 2 is 1.45 bits per heavy atom. The number of rotatable bonds is 3. The van der Waals surface area contributed by atoms with Gasteiger partial charge in [0.15, 0.2) is 12.1 Å². The first-order chi connectivity index (χ1) is 9.78. The Morgan fingerprint density at radius 3 is 1.95 bits per heavy atom. The molecule has 0 aliphatic carbocycles. The Balaban J connectivity index is 0.000000444. The van der Waals surface area contributed by atoms with Crippen LogP contribution in [-0.2, 0) is 12.8 Å². The van der Waals surface area contributed by atoms with E-state index in [0.717, 1.165) is 12.8 Å². The van der Waals surface area contributed by atoms with Crippen molar-refractivity contribution in [1.82, 2.24) is 0 Å². The van der Waals surface area contributed by atoms with Crippen LogP contribution >= 0.6 is 0 Å². The highest BCUT2D eigenvalue weighted by molar-refractivity contribution is 5.68. The van der Waals surface area contributed by atoms with Gasteiger partial charge >= 0.3 is 0 Å². The van der Waals surface area contributed by atoms with Crippen molar-refractivity contribution >= 4 is 0 Å². The zero-order valence-electron chi connectivity index (χ0n) is 11.9. The van der Waals surface area contributed by atoms with Gasteiger partial charge in [0.2, 0.25) is 0 Å². The summed E-state index contributed by atoms with van der Waals surface area (Å²) >= 11 is 0. The van der Waals surface area contributed by atoms with Crippen molar-refractivity contribution in [3.8, 4) is 23.3 Å². The Hall–Kier alpha value is -2.58. The summed E-state index contributed by atoms with van der Waals surface area (Å²) in [6.45, 7) is 4.46. The average molecular weight is 262 g/mol. The van der Waals surface area contributed by atoms with E-state index in [1.54, 1.807) is 0 Å². The van der Waals surface area contributed by atoms with Crippen LogP contribution in [0, 0.1) is 22.7 Å². The zero-order chi connectivity index (χ0) is 14.8. The molecule has 0 aliphatic rings. The quantitative estimate of drug-likeness (QED) is 0.816. The first-order valence-electron chi connectivity index (χ1n) is 6.72. The van der Waals surface area contributed by atoms with Crippen molar-refractivity contribution in [3.05, 3.63) is 59.7 Å². The Bertz CT molecular complexity index is 604. The number of nitriles is 2. The number of aryl methyl sites for hydroxylation is 1. The van der Waals surface area contributed by atoms with Gasteiger partial charge in [0, 0.05) is 0 Å². The molecule has 0 atom stereocenters. The average Bonchev–Trinajstić information content (AvgIpc) is 2.55. The normalized spacial score (nSPS) is 8.80. The molecule has 2 rings (SSSR count). The van der Waals surface area contributed by atoms with Gasteiger partial charge in [-0.25, -0.2) is 0 Å². The highest BCUT2D eigenvalue weighted by Crippen LogP contribution is 2.26. The maximum atomic E-state index is 7.26. The molecule has 0 heterocycles. The summed E-state index contributed by atoms with van der Waals surface area (Å²) in [6, 6.07) is 19.8. The lowest BCUT2D eigenvalue weighted by Gasteiger charge is -2.12. The van der Waals surface area contributed by atoms with E-state index in [-0.39, 0.29) is 0 Å². The molecule has 2 aromatic rings. The van der Waals surface area contributed by atoms with Crippen LogP contribution in [0.2, 0.25) is 0 Å². The molecule has 2 aromatic carbocycles. The molecule has 0 saturated heterocycles. The zero-order valence-corrected chi connectivity index (χ0v) is 11.9. The fraction of sp³-hybridized carbons (Fsp3) is 0.222. The maximum Gasteiger partial charge on any atom is 0.181 e. The fourth-order valence-electron chi connectivity index (χ4n) is 2.27. The van der Waals surface area contributed by atoms with Gasteiger partial charge in [-0.2, -0.15) is 10.5 Å². The van der Waals surface area contributed by atoms with E-state index in [0.29, 0.717) is 0 Å². The molecule has 0 spiro atoms. The van der Waals surface area contributed by atoms with Crippen LogP contribution in [0.4, 0.5) is 0 Å². The lowest BCUT2D eigenvalue weighted by molar-refractivity contribution is 1.04. The lowest BCUT2D eigenvalue weighted by atomic mass is 9.93. The standard InChI is InChI=1S/C16H18.C2N2/c1-3-13-11-8-12-16(15(13)4-2)14-9-6-5-7-10-14;3-1-2-4/h5-12H,3-4H2,1-2H3;. The largest absolute Gasteiger partial charge is 0.181 e. The summed E-state index contributed by atoms with van der Waals surface area (Å²) < 4.78 is 0. The van der Waals surface area contributed by atoms with E-state index in [1.165, 1.54) is 34.4 Å². The molecule has 0 bridgehead atoms. The van der Waals surface area contributed by atoms with E-state index in [2.05, 4.69) is 62.4 Å². The molecule has 0 saturated carbocycles. The third-order valence-electron chi connectivity index (χ3n) is 3.14. The Kier molecular flexibility index (Phi) is 6.59. The molecule has 0 aromatic heterocycles. The Morgan fingerprint density at radius 1 is 0.800 bits per heavy atom. The van der Waals surface area contributed by atoms with Gasteiger partial charge in [0.1, 0.15) is 0 Å². The molecule has 0 unspecified atom stereocenters. The summed E-state index contributed by atoms with van der Waals surface area (Å²) in [5, 5.41) is 14.5. The van der Waals surface area contributed by atoms with E-state index >= 15 is 0 Å². The minimum Gasteiger partial charge on any atom is -0.181 e. The number of benzene rings is 2. The molecule has 0 aliphatic heterocycles. The van der Waals surface area contributed by atoms with E-state index in [4.69, 9.17) is 10.5 Å². The number of hydrogen-bond donors (Lipinski definition) is 0. The third-order valence-corrected chi connectivity index (χ3v) is 3.14. The first kappa shape index (κ1) is 15.5. The van der Waals surface area contributed by atoms with E-state index in [9.17, 15) is 0 Å². The number of hydrogen-bond acceptors (Lipinski definition) is 2. The summed E-state index contributed by atoms with van der Waals surface area (Å²) in [4.78, 5) is 0.